The summed E-state index contributed by atoms with van der Waals surface area (Å²) in [5.41, 5.74) is 1.19. The van der Waals surface area contributed by atoms with Crippen LogP contribution in [0.5, 0.6) is 11.5 Å². The van der Waals surface area contributed by atoms with Crippen LogP contribution < -0.4 is 9.47 Å². The second-order valence-corrected chi connectivity index (χ2v) is 4.39. The fourth-order valence-electron chi connectivity index (χ4n) is 1.80. The number of rotatable bonds is 1. The quantitative estimate of drug-likeness (QED) is 0.712. The SMILES string of the molecule is CC1(c2ccc3c(c2)OC(F)(F)O3)CC1. The summed E-state index contributed by atoms with van der Waals surface area (Å²) in [6, 6.07) is 5.04. The Bertz CT molecular complexity index is 425. The molecule has 1 aliphatic heterocycles. The predicted molar refractivity (Wildman–Crippen MR) is 49.2 cm³/mol. The molecule has 0 atom stereocenters. The van der Waals surface area contributed by atoms with E-state index in [4.69, 9.17) is 0 Å². The first-order chi connectivity index (χ1) is 6.99. The van der Waals surface area contributed by atoms with Gasteiger partial charge in [-0.2, -0.15) is 0 Å². The molecule has 80 valence electrons. The highest BCUT2D eigenvalue weighted by atomic mass is 19.3. The van der Waals surface area contributed by atoms with Crippen LogP contribution in [0.4, 0.5) is 8.78 Å². The Balaban J connectivity index is 1.99. The maximum Gasteiger partial charge on any atom is 0.586 e. The molecule has 1 fully saturated rings. The lowest BCUT2D eigenvalue weighted by Gasteiger charge is -2.08. The van der Waals surface area contributed by atoms with Crippen LogP contribution in [0.3, 0.4) is 0 Å². The van der Waals surface area contributed by atoms with Crippen molar-refractivity contribution >= 4 is 0 Å². The molecule has 4 heteroatoms. The Morgan fingerprint density at radius 1 is 1.13 bits per heavy atom. The zero-order valence-corrected chi connectivity index (χ0v) is 8.22. The summed E-state index contributed by atoms with van der Waals surface area (Å²) in [6.45, 7) is 2.11. The van der Waals surface area contributed by atoms with Gasteiger partial charge in [-0.25, -0.2) is 0 Å². The molecule has 0 N–H and O–H groups in total. The van der Waals surface area contributed by atoms with Crippen molar-refractivity contribution in [1.29, 1.82) is 0 Å². The van der Waals surface area contributed by atoms with Crippen molar-refractivity contribution < 1.29 is 18.3 Å². The van der Waals surface area contributed by atoms with Gasteiger partial charge in [-0.05, 0) is 36.0 Å². The van der Waals surface area contributed by atoms with E-state index in [-0.39, 0.29) is 16.9 Å². The molecule has 1 aromatic carbocycles. The van der Waals surface area contributed by atoms with Crippen molar-refractivity contribution in [2.45, 2.75) is 31.5 Å². The van der Waals surface area contributed by atoms with Crippen molar-refractivity contribution in [3.8, 4) is 11.5 Å². The van der Waals surface area contributed by atoms with E-state index in [1.165, 1.54) is 0 Å². The van der Waals surface area contributed by atoms with Crippen LogP contribution in [0.2, 0.25) is 0 Å². The number of benzene rings is 1. The highest BCUT2D eigenvalue weighted by Gasteiger charge is 2.45. The Morgan fingerprint density at radius 3 is 2.47 bits per heavy atom. The number of fused-ring (bicyclic) bond motifs is 1. The molecule has 1 saturated carbocycles. The zero-order valence-electron chi connectivity index (χ0n) is 8.22. The second kappa shape index (κ2) is 2.43. The van der Waals surface area contributed by atoms with E-state index in [9.17, 15) is 8.78 Å². The van der Waals surface area contributed by atoms with Crippen molar-refractivity contribution in [1.82, 2.24) is 0 Å². The van der Waals surface area contributed by atoms with E-state index in [0.29, 0.717) is 0 Å². The Hall–Kier alpha value is -1.32. The summed E-state index contributed by atoms with van der Waals surface area (Å²) < 4.78 is 34.2. The molecule has 0 bridgehead atoms. The summed E-state index contributed by atoms with van der Waals surface area (Å²) in [6.07, 6.45) is -1.31. The monoisotopic (exact) mass is 212 g/mol. The summed E-state index contributed by atoms with van der Waals surface area (Å²) in [7, 11) is 0. The number of hydrogen-bond donors (Lipinski definition) is 0. The Morgan fingerprint density at radius 2 is 1.80 bits per heavy atom. The Labute approximate surface area is 85.8 Å². The molecular weight excluding hydrogens is 202 g/mol. The third kappa shape index (κ3) is 1.35. The van der Waals surface area contributed by atoms with Crippen molar-refractivity contribution in [3.05, 3.63) is 23.8 Å². The topological polar surface area (TPSA) is 18.5 Å². The van der Waals surface area contributed by atoms with Crippen LogP contribution in [0.15, 0.2) is 18.2 Å². The molecule has 1 aliphatic carbocycles. The Kier molecular flexibility index (Phi) is 1.45. The van der Waals surface area contributed by atoms with Crippen LogP contribution in [-0.2, 0) is 5.41 Å². The van der Waals surface area contributed by atoms with Crippen LogP contribution in [-0.4, -0.2) is 6.29 Å². The maximum absolute atomic E-state index is 12.7. The van der Waals surface area contributed by atoms with Gasteiger partial charge in [-0.1, -0.05) is 13.0 Å². The minimum absolute atomic E-state index is 0.119. The number of hydrogen-bond acceptors (Lipinski definition) is 2. The van der Waals surface area contributed by atoms with Crippen LogP contribution in [0.1, 0.15) is 25.3 Å². The van der Waals surface area contributed by atoms with Crippen LogP contribution in [0.25, 0.3) is 0 Å². The number of alkyl halides is 2. The summed E-state index contributed by atoms with van der Waals surface area (Å²) >= 11 is 0. The van der Waals surface area contributed by atoms with Crippen molar-refractivity contribution in [2.24, 2.45) is 0 Å². The van der Waals surface area contributed by atoms with Crippen LogP contribution >= 0.6 is 0 Å². The lowest BCUT2D eigenvalue weighted by molar-refractivity contribution is -0.286. The zero-order chi connectivity index (χ0) is 10.7. The van der Waals surface area contributed by atoms with Gasteiger partial charge in [-0.3, -0.25) is 0 Å². The van der Waals surface area contributed by atoms with E-state index >= 15 is 0 Å². The average Bonchev–Trinajstić information content (AvgIpc) is 2.78. The van der Waals surface area contributed by atoms with E-state index in [1.807, 2.05) is 6.07 Å². The highest BCUT2D eigenvalue weighted by molar-refractivity contribution is 5.48. The van der Waals surface area contributed by atoms with Gasteiger partial charge in [0.15, 0.2) is 11.5 Å². The molecule has 15 heavy (non-hydrogen) atoms. The lowest BCUT2D eigenvalue weighted by atomic mass is 9.98. The van der Waals surface area contributed by atoms with Gasteiger partial charge in [0.1, 0.15) is 0 Å². The molecule has 0 aromatic heterocycles. The number of ether oxygens (including phenoxy) is 2. The first-order valence-corrected chi connectivity index (χ1v) is 4.89. The van der Waals surface area contributed by atoms with Gasteiger partial charge in [0.25, 0.3) is 0 Å². The molecule has 3 rings (SSSR count). The molecule has 0 saturated heterocycles. The van der Waals surface area contributed by atoms with E-state index in [1.54, 1.807) is 12.1 Å². The lowest BCUT2D eigenvalue weighted by Crippen LogP contribution is -2.25. The molecule has 0 spiro atoms. The predicted octanol–water partition coefficient (Wildman–Crippen LogP) is 3.06. The number of halogens is 2. The minimum atomic E-state index is -3.51. The molecule has 0 radical (unpaired) electrons. The average molecular weight is 212 g/mol. The molecule has 0 unspecified atom stereocenters. The molecule has 2 nitrogen and oxygen atoms in total. The van der Waals surface area contributed by atoms with E-state index in [2.05, 4.69) is 16.4 Å². The molecule has 0 amide bonds. The third-order valence-electron chi connectivity index (χ3n) is 3.10. The van der Waals surface area contributed by atoms with Gasteiger partial charge in [0.2, 0.25) is 0 Å². The van der Waals surface area contributed by atoms with Crippen molar-refractivity contribution in [3.63, 3.8) is 0 Å². The van der Waals surface area contributed by atoms with Gasteiger partial charge in [-0.15, -0.1) is 8.78 Å². The largest absolute Gasteiger partial charge is 0.586 e. The molecular formula is C11H10F2O2. The molecule has 1 heterocycles. The van der Waals surface area contributed by atoms with E-state index in [0.717, 1.165) is 18.4 Å². The standard InChI is InChI=1S/C11H10F2O2/c1-10(4-5-10)7-2-3-8-9(6-7)15-11(12,13)14-8/h2-3,6H,4-5H2,1H3. The first-order valence-electron chi connectivity index (χ1n) is 4.89. The normalized spacial score (nSPS) is 23.9. The smallest absolute Gasteiger partial charge is 0.395 e. The molecule has 1 aromatic rings. The van der Waals surface area contributed by atoms with E-state index < -0.39 is 6.29 Å². The van der Waals surface area contributed by atoms with Crippen LogP contribution in [0, 0.1) is 0 Å². The first kappa shape index (κ1) is 8.95. The summed E-state index contributed by atoms with van der Waals surface area (Å²) in [5.74, 6) is 0.263. The third-order valence-corrected chi connectivity index (χ3v) is 3.10. The van der Waals surface area contributed by atoms with Gasteiger partial charge in [0.05, 0.1) is 0 Å². The fourth-order valence-corrected chi connectivity index (χ4v) is 1.80. The molecule has 2 aliphatic rings. The van der Waals surface area contributed by atoms with Crippen molar-refractivity contribution in [2.75, 3.05) is 0 Å². The fraction of sp³-hybridized carbons (Fsp3) is 0.455. The second-order valence-electron chi connectivity index (χ2n) is 4.39. The summed E-state index contributed by atoms with van der Waals surface area (Å²) in [5, 5.41) is 0. The van der Waals surface area contributed by atoms with Gasteiger partial charge < -0.3 is 9.47 Å². The van der Waals surface area contributed by atoms with Gasteiger partial charge in [0, 0.05) is 0 Å². The maximum atomic E-state index is 12.7. The minimum Gasteiger partial charge on any atom is -0.395 e. The summed E-state index contributed by atoms with van der Waals surface area (Å²) in [4.78, 5) is 0. The highest BCUT2D eigenvalue weighted by Crippen LogP contribution is 2.51. The van der Waals surface area contributed by atoms with Gasteiger partial charge >= 0.3 is 6.29 Å².